The lowest BCUT2D eigenvalue weighted by molar-refractivity contribution is 1.31. The van der Waals surface area contributed by atoms with Crippen LogP contribution >= 0.6 is 23.2 Å². The van der Waals surface area contributed by atoms with Gasteiger partial charge in [0.15, 0.2) is 5.15 Å². The molecule has 2 nitrogen and oxygen atoms in total. The molecule has 4 heteroatoms. The van der Waals surface area contributed by atoms with Gasteiger partial charge in [-0.2, -0.15) is 0 Å². The van der Waals surface area contributed by atoms with E-state index in [1.807, 2.05) is 12.1 Å². The molecule has 0 N–H and O–H groups in total. The Morgan fingerprint density at radius 1 is 1.08 bits per heavy atom. The van der Waals surface area contributed by atoms with Crippen LogP contribution < -0.4 is 0 Å². The molecule has 0 aromatic carbocycles. The van der Waals surface area contributed by atoms with Crippen LogP contribution in [0.2, 0.25) is 10.3 Å². The fraction of sp³-hybridized carbons (Fsp3) is 0. The van der Waals surface area contributed by atoms with Gasteiger partial charge < -0.3 is 0 Å². The Morgan fingerprint density at radius 2 is 1.92 bits per heavy atom. The molecular formula is C8H4Cl2N2. The highest BCUT2D eigenvalue weighted by atomic mass is 35.5. The van der Waals surface area contributed by atoms with Gasteiger partial charge in [0, 0.05) is 11.6 Å². The van der Waals surface area contributed by atoms with Gasteiger partial charge in [0.1, 0.15) is 10.7 Å². The van der Waals surface area contributed by atoms with E-state index >= 15 is 0 Å². The van der Waals surface area contributed by atoms with Gasteiger partial charge in [-0.25, -0.2) is 9.97 Å². The lowest BCUT2D eigenvalue weighted by Gasteiger charge is -1.97. The molecular weight excluding hydrogens is 195 g/mol. The Hall–Kier alpha value is -0.860. The molecule has 0 bridgehead atoms. The minimum Gasteiger partial charge on any atom is -0.242 e. The lowest BCUT2D eigenvalue weighted by atomic mass is 10.3. The molecule has 0 radical (unpaired) electrons. The van der Waals surface area contributed by atoms with Crippen molar-refractivity contribution in [3.8, 4) is 0 Å². The molecule has 2 aromatic heterocycles. The van der Waals surface area contributed by atoms with E-state index in [0.29, 0.717) is 15.8 Å². The summed E-state index contributed by atoms with van der Waals surface area (Å²) in [7, 11) is 0. The molecule has 0 aliphatic heterocycles. The maximum Gasteiger partial charge on any atom is 0.155 e. The Balaban J connectivity index is 2.88. The Morgan fingerprint density at radius 3 is 2.75 bits per heavy atom. The monoisotopic (exact) mass is 198 g/mol. The van der Waals surface area contributed by atoms with Gasteiger partial charge in [0.05, 0.1) is 0 Å². The minimum atomic E-state index is 0.384. The van der Waals surface area contributed by atoms with Gasteiger partial charge >= 0.3 is 0 Å². The number of halogens is 2. The number of fused-ring (bicyclic) bond motifs is 1. The molecule has 2 aromatic rings. The highest BCUT2D eigenvalue weighted by Crippen LogP contribution is 2.20. The second-order valence-corrected chi connectivity index (χ2v) is 3.05. The van der Waals surface area contributed by atoms with Crippen LogP contribution in [0.4, 0.5) is 0 Å². The van der Waals surface area contributed by atoms with Crippen LogP contribution in [-0.4, -0.2) is 9.97 Å². The fourth-order valence-electron chi connectivity index (χ4n) is 0.990. The van der Waals surface area contributed by atoms with E-state index in [0.717, 1.165) is 5.39 Å². The van der Waals surface area contributed by atoms with Crippen LogP contribution in [0.25, 0.3) is 10.9 Å². The summed E-state index contributed by atoms with van der Waals surface area (Å²) in [4.78, 5) is 7.94. The quantitative estimate of drug-likeness (QED) is 0.609. The molecule has 0 fully saturated rings. The molecule has 0 amide bonds. The maximum absolute atomic E-state index is 5.80. The van der Waals surface area contributed by atoms with Crippen molar-refractivity contribution in [2.75, 3.05) is 0 Å². The summed E-state index contributed by atoms with van der Waals surface area (Å²) < 4.78 is 0. The molecule has 0 spiro atoms. The highest BCUT2D eigenvalue weighted by molar-refractivity contribution is 6.34. The molecule has 60 valence electrons. The summed E-state index contributed by atoms with van der Waals surface area (Å²) in [5.74, 6) is 0. The predicted molar refractivity (Wildman–Crippen MR) is 49.6 cm³/mol. The predicted octanol–water partition coefficient (Wildman–Crippen LogP) is 2.94. The van der Waals surface area contributed by atoms with Crippen molar-refractivity contribution >= 4 is 34.1 Å². The number of hydrogen-bond donors (Lipinski definition) is 0. The number of pyridine rings is 2. The van der Waals surface area contributed by atoms with Crippen molar-refractivity contribution in [2.24, 2.45) is 0 Å². The van der Waals surface area contributed by atoms with Gasteiger partial charge in [0.2, 0.25) is 0 Å². The number of rotatable bonds is 0. The molecule has 0 aliphatic carbocycles. The normalized spacial score (nSPS) is 10.5. The first-order valence-corrected chi connectivity index (χ1v) is 4.10. The Labute approximate surface area is 79.2 Å². The lowest BCUT2D eigenvalue weighted by Crippen LogP contribution is -1.82. The van der Waals surface area contributed by atoms with E-state index < -0.39 is 0 Å². The third kappa shape index (κ3) is 1.24. The molecule has 2 rings (SSSR count). The summed E-state index contributed by atoms with van der Waals surface area (Å²) in [5.41, 5.74) is 0.645. The standard InChI is InChI=1S/C8H4Cl2N2/c9-6-2-1-5-3-4-11-8(10)7(5)12-6/h1-4H. The van der Waals surface area contributed by atoms with Gasteiger partial charge in [-0.1, -0.05) is 23.2 Å². The van der Waals surface area contributed by atoms with E-state index in [4.69, 9.17) is 23.2 Å². The zero-order chi connectivity index (χ0) is 8.55. The second kappa shape index (κ2) is 2.88. The molecule has 0 saturated heterocycles. The van der Waals surface area contributed by atoms with Crippen LogP contribution in [0, 0.1) is 0 Å². The Bertz CT molecular complexity index is 428. The number of nitrogens with zero attached hydrogens (tertiary/aromatic N) is 2. The zero-order valence-corrected chi connectivity index (χ0v) is 7.47. The third-order valence-electron chi connectivity index (χ3n) is 1.53. The summed E-state index contributed by atoms with van der Waals surface area (Å²) in [6.45, 7) is 0. The van der Waals surface area contributed by atoms with Crippen LogP contribution in [0.5, 0.6) is 0 Å². The molecule has 0 unspecified atom stereocenters. The van der Waals surface area contributed by atoms with Crippen molar-refractivity contribution in [3.63, 3.8) is 0 Å². The molecule has 2 heterocycles. The molecule has 12 heavy (non-hydrogen) atoms. The summed E-state index contributed by atoms with van der Waals surface area (Å²) in [6, 6.07) is 5.42. The first-order chi connectivity index (χ1) is 5.77. The number of hydrogen-bond acceptors (Lipinski definition) is 2. The van der Waals surface area contributed by atoms with Crippen molar-refractivity contribution in [3.05, 3.63) is 34.7 Å². The number of aromatic nitrogens is 2. The van der Waals surface area contributed by atoms with Crippen LogP contribution in [-0.2, 0) is 0 Å². The third-order valence-corrected chi connectivity index (χ3v) is 2.02. The fourth-order valence-corrected chi connectivity index (χ4v) is 1.35. The molecule has 0 saturated carbocycles. The van der Waals surface area contributed by atoms with E-state index in [1.54, 1.807) is 12.3 Å². The Kier molecular flexibility index (Phi) is 1.87. The zero-order valence-electron chi connectivity index (χ0n) is 5.96. The second-order valence-electron chi connectivity index (χ2n) is 2.31. The topological polar surface area (TPSA) is 25.8 Å². The van der Waals surface area contributed by atoms with Gasteiger partial charge in [-0.15, -0.1) is 0 Å². The van der Waals surface area contributed by atoms with Gasteiger partial charge in [-0.05, 0) is 18.2 Å². The smallest absolute Gasteiger partial charge is 0.155 e. The average Bonchev–Trinajstić information content (AvgIpc) is 2.07. The van der Waals surface area contributed by atoms with E-state index in [-0.39, 0.29) is 0 Å². The van der Waals surface area contributed by atoms with Crippen molar-refractivity contribution in [2.45, 2.75) is 0 Å². The minimum absolute atomic E-state index is 0.384. The van der Waals surface area contributed by atoms with Crippen molar-refractivity contribution in [1.29, 1.82) is 0 Å². The SMILES string of the molecule is Clc1ccc2ccnc(Cl)c2n1. The summed E-state index contributed by atoms with van der Waals surface area (Å²) in [5, 5.41) is 1.76. The van der Waals surface area contributed by atoms with Crippen LogP contribution in [0.3, 0.4) is 0 Å². The highest BCUT2D eigenvalue weighted by Gasteiger charge is 2.00. The van der Waals surface area contributed by atoms with Crippen LogP contribution in [0.1, 0.15) is 0 Å². The summed E-state index contributed by atoms with van der Waals surface area (Å²) >= 11 is 11.5. The van der Waals surface area contributed by atoms with E-state index in [9.17, 15) is 0 Å². The van der Waals surface area contributed by atoms with Crippen molar-refractivity contribution < 1.29 is 0 Å². The summed E-state index contributed by atoms with van der Waals surface area (Å²) in [6.07, 6.45) is 1.64. The van der Waals surface area contributed by atoms with Crippen LogP contribution in [0.15, 0.2) is 24.4 Å². The van der Waals surface area contributed by atoms with Crippen molar-refractivity contribution in [1.82, 2.24) is 9.97 Å². The average molecular weight is 199 g/mol. The van der Waals surface area contributed by atoms with Gasteiger partial charge in [-0.3, -0.25) is 0 Å². The largest absolute Gasteiger partial charge is 0.242 e. The van der Waals surface area contributed by atoms with E-state index in [2.05, 4.69) is 9.97 Å². The molecule has 0 aliphatic rings. The first-order valence-electron chi connectivity index (χ1n) is 3.34. The first kappa shape index (κ1) is 7.77. The molecule has 0 atom stereocenters. The van der Waals surface area contributed by atoms with Gasteiger partial charge in [0.25, 0.3) is 0 Å². The van der Waals surface area contributed by atoms with E-state index in [1.165, 1.54) is 0 Å². The maximum atomic E-state index is 5.80.